The summed E-state index contributed by atoms with van der Waals surface area (Å²) in [6.45, 7) is 1.34. The molecule has 98 valence electrons. The predicted molar refractivity (Wildman–Crippen MR) is 71.6 cm³/mol. The van der Waals surface area contributed by atoms with Crippen LogP contribution in [0.2, 0.25) is 0 Å². The van der Waals surface area contributed by atoms with Crippen LogP contribution >= 0.6 is 15.9 Å². The van der Waals surface area contributed by atoms with Crippen LogP contribution < -0.4 is 10.6 Å². The normalized spacial score (nSPS) is 18.9. The van der Waals surface area contributed by atoms with Gasteiger partial charge in [-0.1, -0.05) is 15.9 Å². The molecule has 1 saturated heterocycles. The molecular weight excluding hydrogens is 299 g/mol. The van der Waals surface area contributed by atoms with Crippen molar-refractivity contribution in [3.8, 4) is 0 Å². The summed E-state index contributed by atoms with van der Waals surface area (Å²) in [5.41, 5.74) is 0.753. The fourth-order valence-corrected chi connectivity index (χ4v) is 2.49. The van der Waals surface area contributed by atoms with E-state index in [4.69, 9.17) is 0 Å². The average Bonchev–Trinajstić information content (AvgIpc) is 2.83. The topological polar surface area (TPSA) is 41.1 Å². The lowest BCUT2D eigenvalue weighted by Crippen LogP contribution is -2.31. The third-order valence-corrected chi connectivity index (χ3v) is 3.85. The minimum absolute atomic E-state index is 0.00515. The molecule has 1 amide bonds. The molecule has 18 heavy (non-hydrogen) atoms. The van der Waals surface area contributed by atoms with Crippen LogP contribution in [-0.4, -0.2) is 18.5 Å². The van der Waals surface area contributed by atoms with Crippen LogP contribution in [0, 0.1) is 5.82 Å². The highest BCUT2D eigenvalue weighted by atomic mass is 79.9. The van der Waals surface area contributed by atoms with E-state index in [1.807, 2.05) is 0 Å². The van der Waals surface area contributed by atoms with Gasteiger partial charge in [0.25, 0.3) is 0 Å². The van der Waals surface area contributed by atoms with E-state index in [1.165, 1.54) is 12.1 Å². The van der Waals surface area contributed by atoms with Gasteiger partial charge in [0.1, 0.15) is 5.82 Å². The molecule has 1 unspecified atom stereocenters. The van der Waals surface area contributed by atoms with Crippen LogP contribution in [0.3, 0.4) is 0 Å². The molecule has 0 aromatic heterocycles. The molecule has 0 saturated carbocycles. The highest BCUT2D eigenvalue weighted by molar-refractivity contribution is 9.10. The maximum absolute atomic E-state index is 13.1. The number of hydrogen-bond donors (Lipinski definition) is 2. The van der Waals surface area contributed by atoms with Crippen molar-refractivity contribution in [1.29, 1.82) is 0 Å². The maximum Gasteiger partial charge on any atom is 0.221 e. The fraction of sp³-hybridized carbons (Fsp3) is 0.462. The summed E-state index contributed by atoms with van der Waals surface area (Å²) in [6.07, 6.45) is 2.68. The molecule has 1 aliphatic heterocycles. The third kappa shape index (κ3) is 3.78. The van der Waals surface area contributed by atoms with E-state index in [-0.39, 0.29) is 11.7 Å². The van der Waals surface area contributed by atoms with Crippen LogP contribution in [-0.2, 0) is 11.3 Å². The van der Waals surface area contributed by atoms with E-state index in [9.17, 15) is 9.18 Å². The highest BCUT2D eigenvalue weighted by Crippen LogP contribution is 2.17. The summed E-state index contributed by atoms with van der Waals surface area (Å²) >= 11 is 3.34. The first-order valence-corrected chi connectivity index (χ1v) is 6.88. The van der Waals surface area contributed by atoms with Gasteiger partial charge in [0.2, 0.25) is 5.91 Å². The first-order valence-electron chi connectivity index (χ1n) is 6.09. The predicted octanol–water partition coefficient (Wildman–Crippen LogP) is 2.35. The molecule has 1 aliphatic rings. The Morgan fingerprint density at radius 2 is 2.39 bits per heavy atom. The van der Waals surface area contributed by atoms with E-state index >= 15 is 0 Å². The van der Waals surface area contributed by atoms with Gasteiger partial charge in [-0.3, -0.25) is 4.79 Å². The van der Waals surface area contributed by atoms with E-state index in [0.717, 1.165) is 29.4 Å². The molecule has 0 spiro atoms. The zero-order chi connectivity index (χ0) is 13.0. The Bertz CT molecular complexity index is 433. The Balaban J connectivity index is 1.83. The maximum atomic E-state index is 13.1. The van der Waals surface area contributed by atoms with Gasteiger partial charge < -0.3 is 10.6 Å². The van der Waals surface area contributed by atoms with E-state index in [0.29, 0.717) is 19.0 Å². The van der Waals surface area contributed by atoms with Gasteiger partial charge in [-0.25, -0.2) is 4.39 Å². The van der Waals surface area contributed by atoms with Crippen molar-refractivity contribution in [1.82, 2.24) is 10.6 Å². The molecule has 1 aromatic carbocycles. The molecule has 1 atom stereocenters. The summed E-state index contributed by atoms with van der Waals surface area (Å²) in [6, 6.07) is 4.76. The first kappa shape index (κ1) is 13.5. The number of hydrogen-bond acceptors (Lipinski definition) is 2. The van der Waals surface area contributed by atoms with Crippen LogP contribution in [0.4, 0.5) is 4.39 Å². The zero-order valence-corrected chi connectivity index (χ0v) is 11.6. The Morgan fingerprint density at radius 1 is 1.56 bits per heavy atom. The Hall–Kier alpha value is -0.940. The minimum atomic E-state index is -0.292. The van der Waals surface area contributed by atoms with Gasteiger partial charge in [0.15, 0.2) is 0 Å². The van der Waals surface area contributed by atoms with Crippen molar-refractivity contribution in [2.45, 2.75) is 31.8 Å². The second kappa shape index (κ2) is 6.29. The standard InChI is InChI=1S/C13H16BrFN2O/c14-12-4-3-10(15)6-9(12)8-17-13(18)7-11-2-1-5-16-11/h3-4,6,11,16H,1-2,5,7-8H2,(H,17,18). The smallest absolute Gasteiger partial charge is 0.221 e. The van der Waals surface area contributed by atoms with Crippen molar-refractivity contribution in [2.75, 3.05) is 6.54 Å². The van der Waals surface area contributed by atoms with Crippen molar-refractivity contribution >= 4 is 21.8 Å². The van der Waals surface area contributed by atoms with Gasteiger partial charge in [-0.2, -0.15) is 0 Å². The molecule has 2 N–H and O–H groups in total. The van der Waals surface area contributed by atoms with Crippen molar-refractivity contribution < 1.29 is 9.18 Å². The van der Waals surface area contributed by atoms with Gasteiger partial charge >= 0.3 is 0 Å². The number of nitrogens with one attached hydrogen (secondary N) is 2. The fourth-order valence-electron chi connectivity index (χ4n) is 2.10. The number of carbonyl (C=O) groups is 1. The Labute approximate surface area is 114 Å². The number of carbonyl (C=O) groups excluding carboxylic acids is 1. The summed E-state index contributed by atoms with van der Waals surface area (Å²) < 4.78 is 13.9. The molecule has 0 radical (unpaired) electrons. The van der Waals surface area contributed by atoms with Crippen LogP contribution in [0.15, 0.2) is 22.7 Å². The quantitative estimate of drug-likeness (QED) is 0.895. The monoisotopic (exact) mass is 314 g/mol. The number of rotatable bonds is 4. The third-order valence-electron chi connectivity index (χ3n) is 3.08. The van der Waals surface area contributed by atoms with E-state index < -0.39 is 0 Å². The summed E-state index contributed by atoms with van der Waals surface area (Å²) in [4.78, 5) is 11.7. The van der Waals surface area contributed by atoms with Crippen LogP contribution in [0.25, 0.3) is 0 Å². The minimum Gasteiger partial charge on any atom is -0.352 e. The molecule has 1 fully saturated rings. The Kier molecular flexibility index (Phi) is 4.72. The molecule has 1 heterocycles. The lowest BCUT2D eigenvalue weighted by molar-refractivity contribution is -0.121. The molecule has 2 rings (SSSR count). The molecule has 0 aliphatic carbocycles. The second-order valence-electron chi connectivity index (χ2n) is 4.51. The average molecular weight is 315 g/mol. The number of amides is 1. The molecule has 0 bridgehead atoms. The SMILES string of the molecule is O=C(CC1CCCN1)NCc1cc(F)ccc1Br. The number of benzene rings is 1. The first-order chi connectivity index (χ1) is 8.65. The zero-order valence-electron chi connectivity index (χ0n) is 10.0. The summed E-state index contributed by atoms with van der Waals surface area (Å²) in [5, 5.41) is 6.09. The Morgan fingerprint density at radius 3 is 3.11 bits per heavy atom. The van der Waals surface area contributed by atoms with Gasteiger partial charge in [-0.15, -0.1) is 0 Å². The van der Waals surface area contributed by atoms with E-state index in [1.54, 1.807) is 6.07 Å². The van der Waals surface area contributed by atoms with Gasteiger partial charge in [0, 0.05) is 23.5 Å². The van der Waals surface area contributed by atoms with E-state index in [2.05, 4.69) is 26.6 Å². The lowest BCUT2D eigenvalue weighted by atomic mass is 10.1. The van der Waals surface area contributed by atoms with Gasteiger partial charge in [0.05, 0.1) is 0 Å². The molecule has 3 nitrogen and oxygen atoms in total. The lowest BCUT2D eigenvalue weighted by Gasteiger charge is -2.11. The van der Waals surface area contributed by atoms with Crippen molar-refractivity contribution in [3.05, 3.63) is 34.1 Å². The summed E-state index contributed by atoms with van der Waals surface area (Å²) in [7, 11) is 0. The second-order valence-corrected chi connectivity index (χ2v) is 5.36. The number of halogens is 2. The molecule has 5 heteroatoms. The van der Waals surface area contributed by atoms with Gasteiger partial charge in [-0.05, 0) is 43.1 Å². The van der Waals surface area contributed by atoms with Crippen LogP contribution in [0.1, 0.15) is 24.8 Å². The van der Waals surface area contributed by atoms with Crippen LogP contribution in [0.5, 0.6) is 0 Å². The summed E-state index contributed by atoms with van der Waals surface area (Å²) in [5.74, 6) is -0.287. The molecular formula is C13H16BrFN2O. The van der Waals surface area contributed by atoms with Crippen molar-refractivity contribution in [2.24, 2.45) is 0 Å². The highest BCUT2D eigenvalue weighted by Gasteiger charge is 2.17. The molecule has 1 aromatic rings. The largest absolute Gasteiger partial charge is 0.352 e. The van der Waals surface area contributed by atoms with Crippen molar-refractivity contribution in [3.63, 3.8) is 0 Å².